The highest BCUT2D eigenvalue weighted by Crippen LogP contribution is 2.60. The molecule has 3 aromatic heterocycles. The fourth-order valence-electron chi connectivity index (χ4n) is 4.72. The Hall–Kier alpha value is -4.40. The number of halogens is 1. The first-order valence-electron chi connectivity index (χ1n) is 12.4. The number of H-pyrrole nitrogens is 1. The summed E-state index contributed by atoms with van der Waals surface area (Å²) in [6.45, 7) is -0.618. The largest absolute Gasteiger partial charge is 0.663 e. The predicted molar refractivity (Wildman–Crippen MR) is 145 cm³/mol. The van der Waals surface area contributed by atoms with Crippen molar-refractivity contribution in [2.45, 2.75) is 19.2 Å². The minimum atomic E-state index is -4.88. The molecule has 21 nitrogen and oxygen atoms in total. The molecule has 1 saturated heterocycles. The zero-order chi connectivity index (χ0) is 31.0. The van der Waals surface area contributed by atoms with Gasteiger partial charge in [-0.2, -0.15) is 28.9 Å². The van der Waals surface area contributed by atoms with E-state index in [4.69, 9.17) is 38.7 Å². The molecule has 0 aliphatic carbocycles. The van der Waals surface area contributed by atoms with Crippen LogP contribution in [0.1, 0.15) is 12.2 Å². The van der Waals surface area contributed by atoms with E-state index in [0.717, 1.165) is 17.2 Å². The molecule has 4 aliphatic heterocycles. The van der Waals surface area contributed by atoms with Crippen molar-refractivity contribution in [2.75, 3.05) is 24.0 Å². The zero-order valence-electron chi connectivity index (χ0n) is 21.9. The molecule has 1 atom stereocenters. The van der Waals surface area contributed by atoms with Crippen LogP contribution in [0.5, 0.6) is 5.75 Å². The number of nitrogens with two attached hydrogens (primary N) is 2. The molecule has 1 unspecified atom stereocenters. The van der Waals surface area contributed by atoms with Gasteiger partial charge in [-0.3, -0.25) is 24.1 Å². The fourth-order valence-corrected chi connectivity index (χ4v) is 6.21. The summed E-state index contributed by atoms with van der Waals surface area (Å²) in [6, 6.07) is 0. The van der Waals surface area contributed by atoms with E-state index in [2.05, 4.69) is 30.9 Å². The van der Waals surface area contributed by atoms with Gasteiger partial charge in [-0.15, -0.1) is 4.52 Å². The summed E-state index contributed by atoms with van der Waals surface area (Å²) in [5.41, 5.74) is 11.3. The maximum Gasteiger partial charge on any atom is 0.663 e. The van der Waals surface area contributed by atoms with E-state index in [1.807, 2.05) is 0 Å². The lowest BCUT2D eigenvalue weighted by Gasteiger charge is -2.28. The number of hydrogen-bond donors (Lipinski definition) is 10. The summed E-state index contributed by atoms with van der Waals surface area (Å²) in [7, 11) is -9.68. The van der Waals surface area contributed by atoms with Gasteiger partial charge in [0.25, 0.3) is 17.2 Å². The maximum atomic E-state index is 15.8. The standard InChI is InChI=1S/C20H22FN10O11P2/c21-10-13-9(40-19(10)30-5-26-11-14(22)24-4-25-15(11)30)3-38-43(33,34)41-8-1-7(2-37-44(35,36)42-13)39-18(8)31-6-27-12-16(31)28-20(23)29-17(12)32/h2,6,15,24-26,33-36H,1,3-5,22H2,(H2-,23,28,29,32)/q+1/p+1/b7-2+. The highest BCUT2D eigenvalue weighted by atomic mass is 31.2. The molecule has 0 aromatic carbocycles. The van der Waals surface area contributed by atoms with Crippen molar-refractivity contribution in [1.29, 1.82) is 0 Å². The molecular weight excluding hydrogens is 637 g/mol. The molecule has 7 heterocycles. The maximum absolute atomic E-state index is 15.8. The Morgan fingerprint density at radius 2 is 1.95 bits per heavy atom. The summed E-state index contributed by atoms with van der Waals surface area (Å²) in [5.74, 6) is -3.58. The molecule has 0 saturated carbocycles. The van der Waals surface area contributed by atoms with Crippen LogP contribution in [0.4, 0.5) is 16.2 Å². The molecule has 4 aliphatic rings. The quantitative estimate of drug-likeness (QED) is 0.144. The van der Waals surface area contributed by atoms with Gasteiger partial charge >= 0.3 is 16.3 Å². The van der Waals surface area contributed by atoms with Gasteiger partial charge in [0.1, 0.15) is 18.3 Å². The summed E-state index contributed by atoms with van der Waals surface area (Å²) in [4.78, 5) is 66.5. The molecule has 3 aromatic rings. The van der Waals surface area contributed by atoms with Gasteiger partial charge in [0, 0.05) is 0 Å². The van der Waals surface area contributed by atoms with Crippen LogP contribution in [0.3, 0.4) is 0 Å². The number of ether oxygens (including phenoxy) is 1. The number of anilines is 2. The Labute approximate surface area is 244 Å². The Bertz CT molecular complexity index is 1840. The average molecular weight is 660 g/mol. The lowest BCUT2D eigenvalue weighted by Crippen LogP contribution is -2.51. The summed E-state index contributed by atoms with van der Waals surface area (Å²) < 4.78 is 49.0. The summed E-state index contributed by atoms with van der Waals surface area (Å²) in [6.07, 6.45) is 0.861. The number of fused-ring (bicyclic) bond motifs is 5. The third-order valence-electron chi connectivity index (χ3n) is 6.58. The van der Waals surface area contributed by atoms with Crippen LogP contribution < -0.4 is 42.4 Å². The van der Waals surface area contributed by atoms with Crippen LogP contribution >= 0.6 is 16.3 Å². The third kappa shape index (κ3) is 4.88. The molecule has 0 radical (unpaired) electrons. The number of nitrogens with zero attached hydrogens (tertiary/aromatic N) is 4. The highest BCUT2D eigenvalue weighted by Gasteiger charge is 2.51. The number of aromatic amines is 1. The molecule has 234 valence electrons. The molecule has 2 bridgehead atoms. The number of aromatic nitrogens is 4. The lowest BCUT2D eigenvalue weighted by atomic mass is 10.3. The second-order valence-electron chi connectivity index (χ2n) is 9.44. The van der Waals surface area contributed by atoms with Crippen molar-refractivity contribution >= 4 is 45.2 Å². The average Bonchev–Trinajstić information content (AvgIpc) is 3.72. The molecule has 44 heavy (non-hydrogen) atoms. The Morgan fingerprint density at radius 3 is 2.77 bits per heavy atom. The first-order valence-corrected chi connectivity index (χ1v) is 15.5. The zero-order valence-corrected chi connectivity index (χ0v) is 23.7. The number of nitrogens with one attached hydrogen (secondary N) is 4. The van der Waals surface area contributed by atoms with E-state index in [1.165, 1.54) is 4.90 Å². The number of rotatable bonds is 2. The van der Waals surface area contributed by atoms with Crippen LogP contribution in [-0.2, 0) is 24.9 Å². The van der Waals surface area contributed by atoms with E-state index in [1.54, 1.807) is 0 Å². The molecule has 7 rings (SSSR count). The molecular formula is C20H23FN10O11P2+2. The van der Waals surface area contributed by atoms with Gasteiger partial charge in [-0.25, -0.2) is 14.1 Å². The van der Waals surface area contributed by atoms with Crippen molar-refractivity contribution in [3.8, 4) is 5.75 Å². The smallest absolute Gasteiger partial charge is 0.437 e. The normalized spacial score (nSPS) is 23.8. The van der Waals surface area contributed by atoms with Crippen LogP contribution in [0.25, 0.3) is 17.0 Å². The minimum absolute atomic E-state index is 0.0182. The summed E-state index contributed by atoms with van der Waals surface area (Å²) >= 11 is 0. The Kier molecular flexibility index (Phi) is 6.50. The molecule has 24 heteroatoms. The van der Waals surface area contributed by atoms with Gasteiger partial charge in [-0.1, -0.05) is 0 Å². The number of hydrogen-bond acceptors (Lipinski definition) is 19. The number of furan rings is 1. The second kappa shape index (κ2) is 10.1. The van der Waals surface area contributed by atoms with Crippen molar-refractivity contribution in [3.05, 3.63) is 57.6 Å². The second-order valence-corrected chi connectivity index (χ2v) is 12.2. The topological polar surface area (TPSA) is 295 Å². The highest BCUT2D eigenvalue weighted by molar-refractivity contribution is 7.55. The molecule has 1 fully saturated rings. The van der Waals surface area contributed by atoms with Gasteiger partial charge in [-0.05, 0) is 0 Å². The van der Waals surface area contributed by atoms with Crippen LogP contribution in [0.2, 0.25) is 0 Å². The summed E-state index contributed by atoms with van der Waals surface area (Å²) in [5, 5.41) is 8.94. The SMILES string of the molecule is NC1=C2NCN(c3oc4c(c3F)O[P+](O)(O)O/C=C3\CC(=C(n5cnc6c(=O)[nH]c(N)nc65)O3)O[P+](O)(O)OC4)C2NCN1. The fraction of sp³-hybridized carbons (Fsp3) is 0.250. The van der Waals surface area contributed by atoms with E-state index < -0.39 is 57.9 Å². The van der Waals surface area contributed by atoms with Gasteiger partial charge in [0.15, 0.2) is 35.6 Å². The van der Waals surface area contributed by atoms with E-state index in [-0.39, 0.29) is 54.3 Å². The van der Waals surface area contributed by atoms with Gasteiger partial charge in [0.05, 0.1) is 25.5 Å². The van der Waals surface area contributed by atoms with Crippen molar-refractivity contribution in [3.63, 3.8) is 0 Å². The minimum Gasteiger partial charge on any atom is -0.437 e. The lowest BCUT2D eigenvalue weighted by molar-refractivity contribution is 0.125. The molecule has 12 N–H and O–H groups in total. The van der Waals surface area contributed by atoms with Crippen LogP contribution in [0.15, 0.2) is 44.8 Å². The van der Waals surface area contributed by atoms with Gasteiger partial charge in [0.2, 0.25) is 23.4 Å². The first-order chi connectivity index (χ1) is 20.9. The Morgan fingerprint density at radius 1 is 1.14 bits per heavy atom. The Balaban J connectivity index is 1.25. The predicted octanol–water partition coefficient (Wildman–Crippen LogP) is -1.24. The molecule has 0 spiro atoms. The van der Waals surface area contributed by atoms with E-state index in [9.17, 15) is 24.4 Å². The number of nitrogen functional groups attached to an aromatic ring is 1. The van der Waals surface area contributed by atoms with Crippen molar-refractivity contribution < 1.29 is 51.2 Å². The number of imidazole rings is 1. The van der Waals surface area contributed by atoms with E-state index >= 15 is 4.39 Å². The third-order valence-corrected chi connectivity index (χ3v) is 8.30. The van der Waals surface area contributed by atoms with E-state index in [0.29, 0.717) is 11.5 Å². The first kappa shape index (κ1) is 28.4. The monoisotopic (exact) mass is 660 g/mol. The van der Waals surface area contributed by atoms with Crippen LogP contribution in [0, 0.1) is 5.82 Å². The van der Waals surface area contributed by atoms with Crippen LogP contribution in [-0.4, -0.2) is 58.6 Å². The van der Waals surface area contributed by atoms with Crippen molar-refractivity contribution in [1.82, 2.24) is 35.5 Å². The van der Waals surface area contributed by atoms with Crippen molar-refractivity contribution in [2.24, 2.45) is 5.73 Å². The van der Waals surface area contributed by atoms with Gasteiger partial charge < -0.3 is 36.2 Å². The molecule has 0 amide bonds.